The summed E-state index contributed by atoms with van der Waals surface area (Å²) in [6, 6.07) is 13.1. The van der Waals surface area contributed by atoms with Gasteiger partial charge < -0.3 is 5.32 Å². The number of nitrogens with zero attached hydrogens (tertiary/aromatic N) is 1. The van der Waals surface area contributed by atoms with Gasteiger partial charge in [0.15, 0.2) is 0 Å². The number of hydrogen-bond acceptors (Lipinski definition) is 2. The van der Waals surface area contributed by atoms with E-state index in [1.54, 1.807) is 0 Å². The molecule has 2 bridgehead atoms. The summed E-state index contributed by atoms with van der Waals surface area (Å²) in [5.74, 6) is 0. The lowest BCUT2D eigenvalue weighted by Gasteiger charge is -2.32. The van der Waals surface area contributed by atoms with E-state index in [0.29, 0.717) is 6.04 Å². The normalized spacial score (nSPS) is 32.9. The van der Waals surface area contributed by atoms with Crippen molar-refractivity contribution in [2.24, 2.45) is 0 Å². The van der Waals surface area contributed by atoms with Gasteiger partial charge in [0.1, 0.15) is 0 Å². The molecular formula is C15H22N2. The van der Waals surface area contributed by atoms with Crippen LogP contribution in [0.3, 0.4) is 0 Å². The highest BCUT2D eigenvalue weighted by Gasteiger charge is 2.40. The molecule has 0 aromatic heterocycles. The standard InChI is InChI=1S/C15H22N2/c1-17-13-8-5-9-15(17)14(10-13)16-11-12-6-3-2-4-7-12/h2-4,6-7,13-16H,5,8-11H2,1H3. The second kappa shape index (κ2) is 4.79. The first-order valence-electron chi connectivity index (χ1n) is 6.84. The number of likely N-dealkylation sites (N-methyl/N-ethyl adjacent to an activating group) is 1. The van der Waals surface area contributed by atoms with Crippen LogP contribution in [-0.2, 0) is 6.54 Å². The first-order valence-corrected chi connectivity index (χ1v) is 6.84. The van der Waals surface area contributed by atoms with Crippen LogP contribution in [0.2, 0.25) is 0 Å². The third-order valence-corrected chi connectivity index (χ3v) is 4.54. The number of piperidine rings is 1. The van der Waals surface area contributed by atoms with Crippen molar-refractivity contribution in [1.29, 1.82) is 0 Å². The van der Waals surface area contributed by atoms with Crippen LogP contribution in [0, 0.1) is 0 Å². The van der Waals surface area contributed by atoms with Crippen molar-refractivity contribution in [3.05, 3.63) is 35.9 Å². The lowest BCUT2D eigenvalue weighted by Crippen LogP contribution is -2.43. The quantitative estimate of drug-likeness (QED) is 0.858. The van der Waals surface area contributed by atoms with Crippen molar-refractivity contribution in [3.63, 3.8) is 0 Å². The second-order valence-corrected chi connectivity index (χ2v) is 5.53. The molecule has 0 radical (unpaired) electrons. The summed E-state index contributed by atoms with van der Waals surface area (Å²) in [5, 5.41) is 3.76. The van der Waals surface area contributed by atoms with Gasteiger partial charge in [0, 0.05) is 24.7 Å². The minimum absolute atomic E-state index is 0.702. The summed E-state index contributed by atoms with van der Waals surface area (Å²) in [4.78, 5) is 2.60. The van der Waals surface area contributed by atoms with Gasteiger partial charge in [-0.2, -0.15) is 0 Å². The van der Waals surface area contributed by atoms with Crippen molar-refractivity contribution in [2.75, 3.05) is 7.05 Å². The van der Waals surface area contributed by atoms with E-state index in [-0.39, 0.29) is 0 Å². The van der Waals surface area contributed by atoms with Gasteiger partial charge in [0.2, 0.25) is 0 Å². The van der Waals surface area contributed by atoms with Crippen LogP contribution in [0.4, 0.5) is 0 Å². The predicted molar refractivity (Wildman–Crippen MR) is 70.9 cm³/mol. The van der Waals surface area contributed by atoms with Gasteiger partial charge in [0.25, 0.3) is 0 Å². The molecule has 2 nitrogen and oxygen atoms in total. The number of benzene rings is 1. The zero-order chi connectivity index (χ0) is 11.7. The van der Waals surface area contributed by atoms with E-state index in [9.17, 15) is 0 Å². The van der Waals surface area contributed by atoms with E-state index in [1.807, 2.05) is 0 Å². The Hall–Kier alpha value is -0.860. The van der Waals surface area contributed by atoms with E-state index < -0.39 is 0 Å². The van der Waals surface area contributed by atoms with Crippen LogP contribution in [0.5, 0.6) is 0 Å². The Morgan fingerprint density at radius 1 is 1.24 bits per heavy atom. The molecule has 92 valence electrons. The van der Waals surface area contributed by atoms with E-state index >= 15 is 0 Å². The third kappa shape index (κ3) is 2.24. The summed E-state index contributed by atoms with van der Waals surface area (Å²) < 4.78 is 0. The summed E-state index contributed by atoms with van der Waals surface area (Å²) in [6.45, 7) is 1.02. The third-order valence-electron chi connectivity index (χ3n) is 4.54. The Morgan fingerprint density at radius 3 is 2.82 bits per heavy atom. The molecule has 2 aliphatic rings. The van der Waals surface area contributed by atoms with E-state index in [2.05, 4.69) is 47.6 Å². The van der Waals surface area contributed by atoms with Gasteiger partial charge in [-0.25, -0.2) is 0 Å². The molecule has 1 aromatic rings. The molecule has 0 aliphatic carbocycles. The molecule has 2 saturated heterocycles. The molecule has 0 saturated carbocycles. The van der Waals surface area contributed by atoms with Crippen molar-refractivity contribution < 1.29 is 0 Å². The van der Waals surface area contributed by atoms with Crippen molar-refractivity contribution in [3.8, 4) is 0 Å². The molecule has 3 atom stereocenters. The molecule has 2 fully saturated rings. The molecule has 3 unspecified atom stereocenters. The SMILES string of the molecule is CN1C2CCCC1C(NCc1ccccc1)C2. The van der Waals surface area contributed by atoms with Gasteiger partial charge in [-0.15, -0.1) is 0 Å². The van der Waals surface area contributed by atoms with Crippen molar-refractivity contribution in [1.82, 2.24) is 10.2 Å². The number of nitrogens with one attached hydrogen (secondary N) is 1. The number of rotatable bonds is 3. The van der Waals surface area contributed by atoms with Crippen LogP contribution >= 0.6 is 0 Å². The fraction of sp³-hybridized carbons (Fsp3) is 0.600. The van der Waals surface area contributed by atoms with E-state index in [0.717, 1.165) is 18.6 Å². The molecule has 3 rings (SSSR count). The Kier molecular flexibility index (Phi) is 3.17. The highest BCUT2D eigenvalue weighted by molar-refractivity contribution is 5.14. The summed E-state index contributed by atoms with van der Waals surface area (Å²) in [5.41, 5.74) is 1.40. The molecule has 1 aromatic carbocycles. The highest BCUT2D eigenvalue weighted by Crippen LogP contribution is 2.34. The van der Waals surface area contributed by atoms with E-state index in [1.165, 1.54) is 31.2 Å². The molecule has 2 aliphatic heterocycles. The number of hydrogen-bond donors (Lipinski definition) is 1. The average Bonchev–Trinajstić information content (AvgIpc) is 2.55. The lowest BCUT2D eigenvalue weighted by atomic mass is 10.0. The number of fused-ring (bicyclic) bond motifs is 2. The Labute approximate surface area is 104 Å². The molecule has 0 amide bonds. The van der Waals surface area contributed by atoms with Gasteiger partial charge in [0.05, 0.1) is 0 Å². The molecule has 17 heavy (non-hydrogen) atoms. The Morgan fingerprint density at radius 2 is 2.06 bits per heavy atom. The first kappa shape index (κ1) is 11.2. The largest absolute Gasteiger partial charge is 0.308 e. The van der Waals surface area contributed by atoms with Crippen molar-refractivity contribution in [2.45, 2.75) is 50.4 Å². The van der Waals surface area contributed by atoms with Gasteiger partial charge >= 0.3 is 0 Å². The molecule has 1 N–H and O–H groups in total. The maximum atomic E-state index is 3.76. The average molecular weight is 230 g/mol. The van der Waals surface area contributed by atoms with Gasteiger partial charge in [-0.05, 0) is 31.9 Å². The summed E-state index contributed by atoms with van der Waals surface area (Å²) in [7, 11) is 2.30. The lowest BCUT2D eigenvalue weighted by molar-refractivity contribution is 0.169. The van der Waals surface area contributed by atoms with Gasteiger partial charge in [-0.1, -0.05) is 36.8 Å². The van der Waals surface area contributed by atoms with E-state index in [4.69, 9.17) is 0 Å². The maximum absolute atomic E-state index is 3.76. The minimum Gasteiger partial charge on any atom is -0.308 e. The zero-order valence-corrected chi connectivity index (χ0v) is 10.6. The van der Waals surface area contributed by atoms with Crippen LogP contribution in [0.15, 0.2) is 30.3 Å². The van der Waals surface area contributed by atoms with Crippen LogP contribution < -0.4 is 5.32 Å². The van der Waals surface area contributed by atoms with Crippen LogP contribution in [-0.4, -0.2) is 30.1 Å². The fourth-order valence-corrected chi connectivity index (χ4v) is 3.52. The summed E-state index contributed by atoms with van der Waals surface area (Å²) in [6.07, 6.45) is 5.53. The monoisotopic (exact) mass is 230 g/mol. The Balaban J connectivity index is 1.60. The molecule has 2 heteroatoms. The topological polar surface area (TPSA) is 15.3 Å². The second-order valence-electron chi connectivity index (χ2n) is 5.53. The first-order chi connectivity index (χ1) is 8.34. The predicted octanol–water partition coefficient (Wildman–Crippen LogP) is 2.40. The van der Waals surface area contributed by atoms with Crippen LogP contribution in [0.25, 0.3) is 0 Å². The molecule has 2 heterocycles. The summed E-state index contributed by atoms with van der Waals surface area (Å²) >= 11 is 0. The molecule has 0 spiro atoms. The molecular weight excluding hydrogens is 208 g/mol. The minimum atomic E-state index is 0.702. The smallest absolute Gasteiger partial charge is 0.0249 e. The van der Waals surface area contributed by atoms with Crippen LogP contribution in [0.1, 0.15) is 31.2 Å². The Bertz CT molecular complexity index is 362. The fourth-order valence-electron chi connectivity index (χ4n) is 3.52. The zero-order valence-electron chi connectivity index (χ0n) is 10.6. The van der Waals surface area contributed by atoms with Gasteiger partial charge in [-0.3, -0.25) is 4.90 Å². The van der Waals surface area contributed by atoms with Crippen molar-refractivity contribution >= 4 is 0 Å². The highest BCUT2D eigenvalue weighted by atomic mass is 15.2. The maximum Gasteiger partial charge on any atom is 0.0249 e.